The summed E-state index contributed by atoms with van der Waals surface area (Å²) < 4.78 is 22.1. The van der Waals surface area contributed by atoms with E-state index >= 15 is 0 Å². The van der Waals surface area contributed by atoms with Gasteiger partial charge in [-0.2, -0.15) is 0 Å². The highest BCUT2D eigenvalue weighted by molar-refractivity contribution is 7.91. The fourth-order valence-electron chi connectivity index (χ4n) is 1.18. The Morgan fingerprint density at radius 1 is 1.13 bits per heavy atom. The summed E-state index contributed by atoms with van der Waals surface area (Å²) in [7, 11) is -3.01. The fraction of sp³-hybridized carbons (Fsp3) is 0.500. The number of amides is 1. The van der Waals surface area contributed by atoms with Crippen LogP contribution >= 0.6 is 0 Å². The molecule has 0 saturated carbocycles. The minimum atomic E-state index is -3.01. The van der Waals surface area contributed by atoms with Crippen LogP contribution in [-0.4, -0.2) is 54.9 Å². The van der Waals surface area contributed by atoms with Crippen LogP contribution in [0.1, 0.15) is 0 Å². The molecule has 0 unspecified atom stereocenters. The highest BCUT2D eigenvalue weighted by atomic mass is 32.2. The van der Waals surface area contributed by atoms with E-state index in [4.69, 9.17) is 5.11 Å². The fourth-order valence-corrected chi connectivity index (χ4v) is 2.38. The topological polar surface area (TPSA) is 91.8 Å². The first-order valence-electron chi connectivity index (χ1n) is 4.31. The van der Waals surface area contributed by atoms with E-state index in [1.165, 1.54) is 4.90 Å². The predicted molar refractivity (Wildman–Crippen MR) is 52.0 cm³/mol. The first kappa shape index (κ1) is 11.7. The Morgan fingerprint density at radius 2 is 1.67 bits per heavy atom. The van der Waals surface area contributed by atoms with Crippen molar-refractivity contribution in [1.29, 1.82) is 0 Å². The van der Waals surface area contributed by atoms with Crippen LogP contribution in [0.3, 0.4) is 0 Å². The van der Waals surface area contributed by atoms with Crippen molar-refractivity contribution in [2.45, 2.75) is 0 Å². The molecule has 15 heavy (non-hydrogen) atoms. The number of hydrogen-bond acceptors (Lipinski definition) is 4. The standard InChI is InChI=1S/C8H11NO5S/c10-7(1-2-8(11)12)9-3-5-15(13,14)6-4-9/h1-2H,3-6H2,(H,11,12)/b2-1+. The van der Waals surface area contributed by atoms with E-state index in [2.05, 4.69) is 0 Å². The summed E-state index contributed by atoms with van der Waals surface area (Å²) in [4.78, 5) is 22.8. The molecular formula is C8H11NO5S. The molecule has 6 nitrogen and oxygen atoms in total. The molecular weight excluding hydrogens is 222 g/mol. The number of hydrogen-bond donors (Lipinski definition) is 1. The third kappa shape index (κ3) is 3.70. The quantitative estimate of drug-likeness (QED) is 0.610. The zero-order valence-corrected chi connectivity index (χ0v) is 8.74. The number of sulfone groups is 1. The van der Waals surface area contributed by atoms with Gasteiger partial charge in [-0.15, -0.1) is 0 Å². The second kappa shape index (κ2) is 4.43. The number of carbonyl (C=O) groups excluding carboxylic acids is 1. The van der Waals surface area contributed by atoms with Crippen molar-refractivity contribution < 1.29 is 23.1 Å². The molecule has 0 aromatic rings. The Balaban J connectivity index is 2.54. The number of carboxylic acids is 1. The predicted octanol–water partition coefficient (Wildman–Crippen LogP) is -1.12. The molecule has 1 heterocycles. The number of aliphatic carboxylic acids is 1. The maximum atomic E-state index is 11.3. The molecule has 1 fully saturated rings. The van der Waals surface area contributed by atoms with Gasteiger partial charge in [-0.1, -0.05) is 0 Å². The molecule has 0 aromatic carbocycles. The maximum Gasteiger partial charge on any atom is 0.328 e. The summed E-state index contributed by atoms with van der Waals surface area (Å²) in [5, 5.41) is 8.29. The molecule has 84 valence electrons. The lowest BCUT2D eigenvalue weighted by molar-refractivity contribution is -0.132. The first-order valence-corrected chi connectivity index (χ1v) is 6.13. The summed E-state index contributed by atoms with van der Waals surface area (Å²) in [5.41, 5.74) is 0. The van der Waals surface area contributed by atoms with Gasteiger partial charge in [0.1, 0.15) is 0 Å². The van der Waals surface area contributed by atoms with Crippen LogP contribution in [0, 0.1) is 0 Å². The highest BCUT2D eigenvalue weighted by Crippen LogP contribution is 2.04. The van der Waals surface area contributed by atoms with Gasteiger partial charge in [-0.25, -0.2) is 13.2 Å². The minimum absolute atomic E-state index is 0.0559. The van der Waals surface area contributed by atoms with Crippen LogP contribution < -0.4 is 0 Å². The first-order chi connectivity index (χ1) is 6.91. The van der Waals surface area contributed by atoms with Gasteiger partial charge in [0.05, 0.1) is 11.5 Å². The van der Waals surface area contributed by atoms with Gasteiger partial charge in [0.2, 0.25) is 5.91 Å². The summed E-state index contributed by atoms with van der Waals surface area (Å²) in [6, 6.07) is 0. The molecule has 1 amide bonds. The molecule has 1 aliphatic rings. The van der Waals surface area contributed by atoms with Gasteiger partial charge >= 0.3 is 5.97 Å². The Bertz CT molecular complexity index is 383. The normalized spacial score (nSPS) is 20.4. The molecule has 1 saturated heterocycles. The Morgan fingerprint density at radius 3 is 2.13 bits per heavy atom. The van der Waals surface area contributed by atoms with Crippen molar-refractivity contribution >= 4 is 21.7 Å². The highest BCUT2D eigenvalue weighted by Gasteiger charge is 2.23. The lowest BCUT2D eigenvalue weighted by Crippen LogP contribution is -2.43. The smallest absolute Gasteiger partial charge is 0.328 e. The van der Waals surface area contributed by atoms with E-state index in [0.29, 0.717) is 0 Å². The molecule has 0 aliphatic carbocycles. The van der Waals surface area contributed by atoms with Gasteiger partial charge in [0.15, 0.2) is 9.84 Å². The summed E-state index contributed by atoms with van der Waals surface area (Å²) in [5.74, 6) is -1.78. The molecule has 0 radical (unpaired) electrons. The molecule has 0 atom stereocenters. The van der Waals surface area contributed by atoms with Gasteiger partial charge in [0.25, 0.3) is 0 Å². The van der Waals surface area contributed by atoms with E-state index in [1.807, 2.05) is 0 Å². The Kier molecular flexibility index (Phi) is 3.46. The molecule has 0 aromatic heterocycles. The van der Waals surface area contributed by atoms with E-state index in [-0.39, 0.29) is 24.6 Å². The van der Waals surface area contributed by atoms with E-state index in [9.17, 15) is 18.0 Å². The molecule has 0 bridgehead atoms. The summed E-state index contributed by atoms with van der Waals surface area (Å²) in [6.07, 6.45) is 1.67. The Hall–Kier alpha value is -1.37. The molecule has 1 N–H and O–H groups in total. The SMILES string of the molecule is O=C(O)/C=C/C(=O)N1CCS(=O)(=O)CC1. The van der Waals surface area contributed by atoms with Crippen LogP contribution in [0.25, 0.3) is 0 Å². The van der Waals surface area contributed by atoms with Crippen molar-refractivity contribution in [2.75, 3.05) is 24.6 Å². The van der Waals surface area contributed by atoms with E-state index in [0.717, 1.165) is 12.2 Å². The van der Waals surface area contributed by atoms with Crippen molar-refractivity contribution in [1.82, 2.24) is 4.90 Å². The third-order valence-electron chi connectivity index (χ3n) is 2.02. The monoisotopic (exact) mass is 233 g/mol. The molecule has 1 aliphatic heterocycles. The maximum absolute atomic E-state index is 11.3. The van der Waals surface area contributed by atoms with Crippen LogP contribution in [0.2, 0.25) is 0 Å². The second-order valence-electron chi connectivity index (χ2n) is 3.15. The lowest BCUT2D eigenvalue weighted by Gasteiger charge is -2.25. The van der Waals surface area contributed by atoms with Crippen molar-refractivity contribution in [3.8, 4) is 0 Å². The van der Waals surface area contributed by atoms with E-state index < -0.39 is 21.7 Å². The van der Waals surface area contributed by atoms with Crippen LogP contribution in [-0.2, 0) is 19.4 Å². The molecule has 1 rings (SSSR count). The van der Waals surface area contributed by atoms with Crippen LogP contribution in [0.5, 0.6) is 0 Å². The van der Waals surface area contributed by atoms with Gasteiger partial charge < -0.3 is 10.0 Å². The van der Waals surface area contributed by atoms with Gasteiger partial charge in [-0.3, -0.25) is 4.79 Å². The summed E-state index contributed by atoms with van der Waals surface area (Å²) >= 11 is 0. The number of carboxylic acid groups (broad SMARTS) is 1. The van der Waals surface area contributed by atoms with Crippen LogP contribution in [0.15, 0.2) is 12.2 Å². The lowest BCUT2D eigenvalue weighted by atomic mass is 10.4. The second-order valence-corrected chi connectivity index (χ2v) is 5.45. The average Bonchev–Trinajstić information content (AvgIpc) is 2.14. The zero-order valence-electron chi connectivity index (χ0n) is 7.92. The van der Waals surface area contributed by atoms with Crippen molar-refractivity contribution in [3.63, 3.8) is 0 Å². The molecule has 0 spiro atoms. The van der Waals surface area contributed by atoms with Gasteiger partial charge in [0, 0.05) is 25.2 Å². The number of nitrogens with zero attached hydrogens (tertiary/aromatic N) is 1. The zero-order chi connectivity index (χ0) is 11.5. The van der Waals surface area contributed by atoms with Crippen LogP contribution in [0.4, 0.5) is 0 Å². The average molecular weight is 233 g/mol. The minimum Gasteiger partial charge on any atom is -0.478 e. The van der Waals surface area contributed by atoms with Gasteiger partial charge in [-0.05, 0) is 0 Å². The largest absolute Gasteiger partial charge is 0.478 e. The Labute approximate surface area is 87.1 Å². The van der Waals surface area contributed by atoms with Crippen molar-refractivity contribution in [3.05, 3.63) is 12.2 Å². The number of rotatable bonds is 2. The number of carbonyl (C=O) groups is 2. The third-order valence-corrected chi connectivity index (χ3v) is 3.63. The molecule has 7 heteroatoms. The summed E-state index contributed by atoms with van der Waals surface area (Å²) in [6.45, 7) is 0.260. The van der Waals surface area contributed by atoms with Crippen molar-refractivity contribution in [2.24, 2.45) is 0 Å². The van der Waals surface area contributed by atoms with E-state index in [1.54, 1.807) is 0 Å².